The van der Waals surface area contributed by atoms with Crippen LogP contribution in [0.25, 0.3) is 0 Å². The minimum Gasteiger partial charge on any atom is -0.480 e. The van der Waals surface area contributed by atoms with Gasteiger partial charge in [-0.15, -0.1) is 0 Å². The van der Waals surface area contributed by atoms with Crippen molar-refractivity contribution in [3.8, 4) is 0 Å². The number of hydrogen-bond donors (Lipinski definition) is 1. The van der Waals surface area contributed by atoms with Gasteiger partial charge in [0.2, 0.25) is 0 Å². The molecule has 0 amide bonds. The van der Waals surface area contributed by atoms with E-state index in [0.717, 1.165) is 11.4 Å². The quantitative estimate of drug-likeness (QED) is 0.863. The van der Waals surface area contributed by atoms with Gasteiger partial charge in [0, 0.05) is 19.1 Å². The first kappa shape index (κ1) is 13.7. The van der Waals surface area contributed by atoms with Gasteiger partial charge in [0.15, 0.2) is 0 Å². The van der Waals surface area contributed by atoms with E-state index in [4.69, 9.17) is 5.11 Å². The first-order valence-corrected chi connectivity index (χ1v) is 5.66. The Hall–Kier alpha value is -1.36. The van der Waals surface area contributed by atoms with Crippen molar-refractivity contribution in [1.82, 2.24) is 14.7 Å². The first-order chi connectivity index (χ1) is 7.70. The van der Waals surface area contributed by atoms with Crippen molar-refractivity contribution < 1.29 is 9.90 Å². The van der Waals surface area contributed by atoms with Crippen molar-refractivity contribution in [2.45, 2.75) is 39.8 Å². The van der Waals surface area contributed by atoms with E-state index in [9.17, 15) is 4.79 Å². The predicted octanol–water partition coefficient (Wildman–Crippen LogP) is 1.41. The zero-order chi connectivity index (χ0) is 13.2. The molecule has 0 aliphatic rings. The van der Waals surface area contributed by atoms with Gasteiger partial charge >= 0.3 is 5.97 Å². The van der Waals surface area contributed by atoms with E-state index in [-0.39, 0.29) is 12.1 Å². The van der Waals surface area contributed by atoms with Crippen LogP contribution >= 0.6 is 0 Å². The van der Waals surface area contributed by atoms with Gasteiger partial charge in [-0.2, -0.15) is 5.10 Å². The molecule has 0 aromatic carbocycles. The van der Waals surface area contributed by atoms with Gasteiger partial charge < -0.3 is 5.11 Å². The number of aliphatic carboxylic acids is 1. The minimum atomic E-state index is -0.807. The second-order valence-corrected chi connectivity index (χ2v) is 5.32. The van der Waals surface area contributed by atoms with Gasteiger partial charge in [0.1, 0.15) is 0 Å². The summed E-state index contributed by atoms with van der Waals surface area (Å²) < 4.78 is 1.80. The molecule has 1 aromatic rings. The zero-order valence-electron chi connectivity index (χ0n) is 11.2. The van der Waals surface area contributed by atoms with Gasteiger partial charge in [0.05, 0.1) is 17.9 Å². The second-order valence-electron chi connectivity index (χ2n) is 5.32. The van der Waals surface area contributed by atoms with Crippen LogP contribution in [0.3, 0.4) is 0 Å². The summed E-state index contributed by atoms with van der Waals surface area (Å²) in [6.45, 7) is 8.60. The Morgan fingerprint density at radius 3 is 2.47 bits per heavy atom. The molecular weight excluding hydrogens is 218 g/mol. The van der Waals surface area contributed by atoms with Gasteiger partial charge in [-0.1, -0.05) is 0 Å². The molecule has 0 saturated carbocycles. The minimum absolute atomic E-state index is 0.0354. The van der Waals surface area contributed by atoms with E-state index in [1.165, 1.54) is 0 Å². The SMILES string of the molecule is Cc1cc(CN(CC(=O)O)C(C)(C)C)n(C)n1. The molecule has 96 valence electrons. The van der Waals surface area contributed by atoms with E-state index < -0.39 is 5.97 Å². The predicted molar refractivity (Wildman–Crippen MR) is 65.7 cm³/mol. The number of carbonyl (C=O) groups is 1. The summed E-state index contributed by atoms with van der Waals surface area (Å²) in [6.07, 6.45) is 0. The van der Waals surface area contributed by atoms with Crippen LogP contribution in [0.15, 0.2) is 6.07 Å². The lowest BCUT2D eigenvalue weighted by atomic mass is 10.1. The lowest BCUT2D eigenvalue weighted by molar-refractivity contribution is -0.140. The molecule has 0 aliphatic heterocycles. The van der Waals surface area contributed by atoms with Crippen LogP contribution in [-0.4, -0.2) is 37.8 Å². The monoisotopic (exact) mass is 239 g/mol. The number of aromatic nitrogens is 2. The highest BCUT2D eigenvalue weighted by molar-refractivity contribution is 5.69. The van der Waals surface area contributed by atoms with E-state index in [2.05, 4.69) is 5.10 Å². The summed E-state index contributed by atoms with van der Waals surface area (Å²) in [6, 6.07) is 1.99. The van der Waals surface area contributed by atoms with E-state index >= 15 is 0 Å². The molecule has 5 nitrogen and oxygen atoms in total. The van der Waals surface area contributed by atoms with Crippen molar-refractivity contribution >= 4 is 5.97 Å². The third-order valence-corrected chi connectivity index (χ3v) is 2.73. The van der Waals surface area contributed by atoms with Gasteiger partial charge in [0.25, 0.3) is 0 Å². The normalized spacial score (nSPS) is 12.1. The molecule has 0 unspecified atom stereocenters. The van der Waals surface area contributed by atoms with Crippen LogP contribution in [0.4, 0.5) is 0 Å². The number of aryl methyl sites for hydroxylation is 2. The molecule has 0 spiro atoms. The number of rotatable bonds is 4. The maximum atomic E-state index is 10.9. The van der Waals surface area contributed by atoms with Crippen LogP contribution in [0, 0.1) is 6.92 Å². The summed E-state index contributed by atoms with van der Waals surface area (Å²) in [5.41, 5.74) is 1.79. The van der Waals surface area contributed by atoms with E-state index in [1.54, 1.807) is 4.68 Å². The lowest BCUT2D eigenvalue weighted by Gasteiger charge is -2.34. The highest BCUT2D eigenvalue weighted by Crippen LogP contribution is 2.17. The average molecular weight is 239 g/mol. The molecule has 1 N–H and O–H groups in total. The Bertz CT molecular complexity index is 404. The number of carboxylic acids is 1. The third-order valence-electron chi connectivity index (χ3n) is 2.73. The fourth-order valence-corrected chi connectivity index (χ4v) is 1.70. The molecule has 1 rings (SSSR count). The molecule has 17 heavy (non-hydrogen) atoms. The molecular formula is C12H21N3O2. The van der Waals surface area contributed by atoms with Crippen LogP contribution < -0.4 is 0 Å². The molecule has 0 radical (unpaired) electrons. The smallest absolute Gasteiger partial charge is 0.317 e. The fraction of sp³-hybridized carbons (Fsp3) is 0.667. The van der Waals surface area contributed by atoms with Crippen molar-refractivity contribution in [2.24, 2.45) is 7.05 Å². The molecule has 0 aliphatic carbocycles. The largest absolute Gasteiger partial charge is 0.480 e. The zero-order valence-corrected chi connectivity index (χ0v) is 11.2. The molecule has 1 aromatic heterocycles. The molecule has 1 heterocycles. The highest BCUT2D eigenvalue weighted by atomic mass is 16.4. The van der Waals surface area contributed by atoms with Crippen LogP contribution in [0.1, 0.15) is 32.2 Å². The summed E-state index contributed by atoms with van der Waals surface area (Å²) in [5, 5.41) is 13.2. The van der Waals surface area contributed by atoms with Crippen LogP contribution in [0.2, 0.25) is 0 Å². The Kier molecular flexibility index (Phi) is 3.93. The molecule has 0 fully saturated rings. The van der Waals surface area contributed by atoms with Crippen molar-refractivity contribution in [3.05, 3.63) is 17.5 Å². The average Bonchev–Trinajstić information content (AvgIpc) is 2.41. The molecule has 0 saturated heterocycles. The lowest BCUT2D eigenvalue weighted by Crippen LogP contribution is -2.44. The maximum Gasteiger partial charge on any atom is 0.317 e. The summed E-state index contributed by atoms with van der Waals surface area (Å²) in [7, 11) is 1.88. The number of carboxylic acid groups (broad SMARTS) is 1. The van der Waals surface area contributed by atoms with E-state index in [0.29, 0.717) is 6.54 Å². The van der Waals surface area contributed by atoms with Gasteiger partial charge in [-0.05, 0) is 33.8 Å². The molecule has 0 atom stereocenters. The Morgan fingerprint density at radius 2 is 2.12 bits per heavy atom. The Balaban J connectivity index is 2.86. The van der Waals surface area contributed by atoms with Gasteiger partial charge in [-0.3, -0.25) is 14.4 Å². The maximum absolute atomic E-state index is 10.9. The third kappa shape index (κ3) is 3.85. The van der Waals surface area contributed by atoms with Gasteiger partial charge in [-0.25, -0.2) is 0 Å². The second kappa shape index (κ2) is 4.87. The first-order valence-electron chi connectivity index (χ1n) is 5.66. The van der Waals surface area contributed by atoms with Crippen molar-refractivity contribution in [1.29, 1.82) is 0 Å². The summed E-state index contributed by atoms with van der Waals surface area (Å²) >= 11 is 0. The number of hydrogen-bond acceptors (Lipinski definition) is 3. The van der Waals surface area contributed by atoms with Crippen molar-refractivity contribution in [2.75, 3.05) is 6.54 Å². The summed E-state index contributed by atoms with van der Waals surface area (Å²) in [4.78, 5) is 12.8. The summed E-state index contributed by atoms with van der Waals surface area (Å²) in [5.74, 6) is -0.807. The number of nitrogens with zero attached hydrogens (tertiary/aromatic N) is 3. The molecule has 0 bridgehead atoms. The van der Waals surface area contributed by atoms with Crippen LogP contribution in [-0.2, 0) is 18.4 Å². The fourth-order valence-electron chi connectivity index (χ4n) is 1.70. The highest BCUT2D eigenvalue weighted by Gasteiger charge is 2.24. The van der Waals surface area contributed by atoms with E-state index in [1.807, 2.05) is 45.7 Å². The Morgan fingerprint density at radius 1 is 1.53 bits per heavy atom. The van der Waals surface area contributed by atoms with Crippen LogP contribution in [0.5, 0.6) is 0 Å². The standard InChI is InChI=1S/C12H21N3O2/c1-9-6-10(14(5)13-9)7-15(8-11(16)17)12(2,3)4/h6H,7-8H2,1-5H3,(H,16,17). The topological polar surface area (TPSA) is 58.4 Å². The molecule has 5 heteroatoms. The Labute approximate surface area is 102 Å². The van der Waals surface area contributed by atoms with Crippen molar-refractivity contribution in [3.63, 3.8) is 0 Å².